The van der Waals surface area contributed by atoms with Crippen LogP contribution in [0.15, 0.2) is 18.2 Å². The Morgan fingerprint density at radius 3 is 2.26 bits per heavy atom. The molecule has 4 N–H and O–H groups in total. The number of carbonyl (C=O) groups excluding carboxylic acids is 2. The van der Waals surface area contributed by atoms with Crippen LogP contribution in [0.3, 0.4) is 0 Å². The van der Waals surface area contributed by atoms with E-state index in [1.54, 1.807) is 13.8 Å². The lowest BCUT2D eigenvalue weighted by Crippen LogP contribution is -2.50. The van der Waals surface area contributed by atoms with Crippen molar-refractivity contribution in [3.05, 3.63) is 35.4 Å². The van der Waals surface area contributed by atoms with Crippen LogP contribution in [0.4, 0.5) is 8.78 Å². The lowest BCUT2D eigenvalue weighted by atomic mass is 10.0. The molecule has 0 spiro atoms. The maximum Gasteiger partial charge on any atom is 0.257 e. The topological polar surface area (TPSA) is 84.2 Å². The molecule has 0 aliphatic carbocycles. The highest BCUT2D eigenvalue weighted by Crippen LogP contribution is 2.13. The van der Waals surface area contributed by atoms with Gasteiger partial charge in [-0.15, -0.1) is 12.4 Å². The number of hydrogen-bond donors (Lipinski definition) is 3. The summed E-state index contributed by atoms with van der Waals surface area (Å²) in [5.41, 5.74) is 4.64. The number of hydrogen-bond acceptors (Lipinski definition) is 3. The standard InChI is InChI=1S/C15H21F2N3O2.ClH/c1-9(2)13(15(22)19-8-4-7-18)20-14(21)12-10(16)5-3-6-11(12)17;/h3,5-6,9,13H,4,7-8,18H2,1-2H3,(H,19,22)(H,20,21);1H. The summed E-state index contributed by atoms with van der Waals surface area (Å²) in [4.78, 5) is 24.1. The zero-order valence-corrected chi connectivity index (χ0v) is 13.9. The summed E-state index contributed by atoms with van der Waals surface area (Å²) < 4.78 is 27.2. The zero-order valence-electron chi connectivity index (χ0n) is 13.1. The van der Waals surface area contributed by atoms with Crippen molar-refractivity contribution in [3.63, 3.8) is 0 Å². The van der Waals surface area contributed by atoms with E-state index in [0.29, 0.717) is 19.5 Å². The molecule has 0 aromatic heterocycles. The molecule has 130 valence electrons. The minimum absolute atomic E-state index is 0. The Hall–Kier alpha value is -1.73. The highest BCUT2D eigenvalue weighted by molar-refractivity contribution is 5.98. The summed E-state index contributed by atoms with van der Waals surface area (Å²) in [5.74, 6) is -3.54. The Morgan fingerprint density at radius 2 is 1.78 bits per heavy atom. The first kappa shape index (κ1) is 21.3. The highest BCUT2D eigenvalue weighted by atomic mass is 35.5. The molecule has 0 radical (unpaired) electrons. The van der Waals surface area contributed by atoms with Crippen LogP contribution in [0.2, 0.25) is 0 Å². The van der Waals surface area contributed by atoms with Gasteiger partial charge in [0.05, 0.1) is 0 Å². The number of carbonyl (C=O) groups is 2. The third kappa shape index (κ3) is 6.11. The van der Waals surface area contributed by atoms with E-state index in [1.807, 2.05) is 0 Å². The van der Waals surface area contributed by atoms with E-state index in [4.69, 9.17) is 5.73 Å². The molecule has 0 heterocycles. The smallest absolute Gasteiger partial charge is 0.257 e. The fourth-order valence-electron chi connectivity index (χ4n) is 1.89. The summed E-state index contributed by atoms with van der Waals surface area (Å²) in [6.45, 7) is 4.26. The number of halogens is 3. The Bertz CT molecular complexity index is 521. The maximum atomic E-state index is 13.6. The lowest BCUT2D eigenvalue weighted by molar-refractivity contribution is -0.123. The first-order valence-electron chi connectivity index (χ1n) is 7.11. The first-order valence-corrected chi connectivity index (χ1v) is 7.11. The van der Waals surface area contributed by atoms with Crippen molar-refractivity contribution in [2.45, 2.75) is 26.3 Å². The van der Waals surface area contributed by atoms with E-state index < -0.39 is 35.1 Å². The van der Waals surface area contributed by atoms with Crippen molar-refractivity contribution < 1.29 is 18.4 Å². The van der Waals surface area contributed by atoms with E-state index >= 15 is 0 Å². The largest absolute Gasteiger partial charge is 0.354 e. The zero-order chi connectivity index (χ0) is 16.7. The van der Waals surface area contributed by atoms with Gasteiger partial charge in [-0.25, -0.2) is 8.78 Å². The average molecular weight is 350 g/mol. The van der Waals surface area contributed by atoms with Gasteiger partial charge in [-0.05, 0) is 31.0 Å². The van der Waals surface area contributed by atoms with Crippen LogP contribution < -0.4 is 16.4 Å². The molecule has 1 aromatic carbocycles. The minimum atomic E-state index is -0.969. The van der Waals surface area contributed by atoms with Crippen molar-refractivity contribution in [3.8, 4) is 0 Å². The van der Waals surface area contributed by atoms with Crippen molar-refractivity contribution in [2.24, 2.45) is 11.7 Å². The number of nitrogens with one attached hydrogen (secondary N) is 2. The van der Waals surface area contributed by atoms with Crippen LogP contribution in [0, 0.1) is 17.6 Å². The molecular weight excluding hydrogens is 328 g/mol. The molecule has 0 fully saturated rings. The molecule has 1 atom stereocenters. The third-order valence-corrected chi connectivity index (χ3v) is 3.11. The fourth-order valence-corrected chi connectivity index (χ4v) is 1.89. The van der Waals surface area contributed by atoms with Crippen molar-refractivity contribution in [2.75, 3.05) is 13.1 Å². The SMILES string of the molecule is CC(C)C(NC(=O)c1c(F)cccc1F)C(=O)NCCCN.Cl. The molecule has 1 unspecified atom stereocenters. The van der Waals surface area contributed by atoms with Crippen LogP contribution >= 0.6 is 12.4 Å². The molecule has 0 aliphatic heterocycles. The second-order valence-corrected chi connectivity index (χ2v) is 5.23. The molecule has 0 saturated carbocycles. The summed E-state index contributed by atoms with van der Waals surface area (Å²) >= 11 is 0. The average Bonchev–Trinajstić information content (AvgIpc) is 2.44. The van der Waals surface area contributed by atoms with Crippen molar-refractivity contribution in [1.82, 2.24) is 10.6 Å². The van der Waals surface area contributed by atoms with Crippen molar-refractivity contribution >= 4 is 24.2 Å². The Morgan fingerprint density at radius 1 is 1.22 bits per heavy atom. The van der Waals surface area contributed by atoms with E-state index in [0.717, 1.165) is 12.1 Å². The molecule has 23 heavy (non-hydrogen) atoms. The molecule has 0 aliphatic rings. The van der Waals surface area contributed by atoms with Gasteiger partial charge in [0.15, 0.2) is 0 Å². The molecule has 1 rings (SSSR count). The predicted molar refractivity (Wildman–Crippen MR) is 86.4 cm³/mol. The summed E-state index contributed by atoms with van der Waals surface area (Å²) in [5, 5.41) is 5.01. The lowest BCUT2D eigenvalue weighted by Gasteiger charge is -2.22. The van der Waals surface area contributed by atoms with E-state index in [1.165, 1.54) is 6.07 Å². The predicted octanol–water partition coefficient (Wildman–Crippen LogP) is 1.61. The molecule has 5 nitrogen and oxygen atoms in total. The second-order valence-electron chi connectivity index (χ2n) is 5.23. The normalized spacial score (nSPS) is 11.6. The monoisotopic (exact) mass is 349 g/mol. The van der Waals surface area contributed by atoms with Gasteiger partial charge in [-0.1, -0.05) is 19.9 Å². The van der Waals surface area contributed by atoms with E-state index in [2.05, 4.69) is 10.6 Å². The molecule has 2 amide bonds. The quantitative estimate of drug-likeness (QED) is 0.654. The molecule has 8 heteroatoms. The third-order valence-electron chi connectivity index (χ3n) is 3.11. The molecule has 0 saturated heterocycles. The van der Waals surface area contributed by atoms with Gasteiger partial charge in [0, 0.05) is 6.54 Å². The van der Waals surface area contributed by atoms with Gasteiger partial charge in [0.2, 0.25) is 5.91 Å². The Kier molecular flexibility index (Phi) is 9.36. The summed E-state index contributed by atoms with van der Waals surface area (Å²) in [6.07, 6.45) is 0.604. The Labute approximate surface area is 140 Å². The van der Waals surface area contributed by atoms with Gasteiger partial charge >= 0.3 is 0 Å². The van der Waals surface area contributed by atoms with E-state index in [9.17, 15) is 18.4 Å². The summed E-state index contributed by atoms with van der Waals surface area (Å²) in [7, 11) is 0. The van der Waals surface area contributed by atoms with Gasteiger partial charge in [-0.3, -0.25) is 9.59 Å². The maximum absolute atomic E-state index is 13.6. The second kappa shape index (κ2) is 10.1. The number of rotatable bonds is 7. The van der Waals surface area contributed by atoms with Gasteiger partial charge in [-0.2, -0.15) is 0 Å². The number of nitrogens with two attached hydrogens (primary N) is 1. The van der Waals surface area contributed by atoms with E-state index in [-0.39, 0.29) is 18.3 Å². The van der Waals surface area contributed by atoms with Crippen LogP contribution in [-0.4, -0.2) is 30.9 Å². The summed E-state index contributed by atoms with van der Waals surface area (Å²) in [6, 6.07) is 2.26. The molecule has 1 aromatic rings. The number of benzene rings is 1. The molecule has 0 bridgehead atoms. The first-order chi connectivity index (χ1) is 10.4. The highest BCUT2D eigenvalue weighted by Gasteiger charge is 2.26. The molecular formula is C15H22ClF2N3O2. The van der Waals surface area contributed by atoms with Crippen LogP contribution in [-0.2, 0) is 4.79 Å². The Balaban J connectivity index is 0.00000484. The fraction of sp³-hybridized carbons (Fsp3) is 0.467. The van der Waals surface area contributed by atoms with Gasteiger partial charge in [0.25, 0.3) is 5.91 Å². The van der Waals surface area contributed by atoms with Crippen LogP contribution in [0.5, 0.6) is 0 Å². The van der Waals surface area contributed by atoms with Crippen LogP contribution in [0.25, 0.3) is 0 Å². The number of amides is 2. The minimum Gasteiger partial charge on any atom is -0.354 e. The van der Waals surface area contributed by atoms with Gasteiger partial charge < -0.3 is 16.4 Å². The van der Waals surface area contributed by atoms with Gasteiger partial charge in [0.1, 0.15) is 23.2 Å². The van der Waals surface area contributed by atoms with Crippen LogP contribution in [0.1, 0.15) is 30.6 Å². The van der Waals surface area contributed by atoms with Crippen molar-refractivity contribution in [1.29, 1.82) is 0 Å².